The van der Waals surface area contributed by atoms with Gasteiger partial charge in [-0.25, -0.2) is 17.2 Å². The lowest BCUT2D eigenvalue weighted by Gasteiger charge is -2.33. The molecule has 1 atom stereocenters. The van der Waals surface area contributed by atoms with Gasteiger partial charge in [0.1, 0.15) is 18.5 Å². The van der Waals surface area contributed by atoms with Crippen LogP contribution in [0.5, 0.6) is 5.75 Å². The molecule has 2 aromatic carbocycles. The highest BCUT2D eigenvalue weighted by molar-refractivity contribution is 7.89. The molecule has 0 radical (unpaired) electrons. The molecule has 0 N–H and O–H groups in total. The molecule has 7 nitrogen and oxygen atoms in total. The quantitative estimate of drug-likeness (QED) is 0.657. The second-order valence-corrected chi connectivity index (χ2v) is 8.84. The van der Waals surface area contributed by atoms with Crippen LogP contribution in [0.15, 0.2) is 53.4 Å². The van der Waals surface area contributed by atoms with Crippen LogP contribution in [0.1, 0.15) is 0 Å². The van der Waals surface area contributed by atoms with Gasteiger partial charge in [-0.1, -0.05) is 18.2 Å². The number of sulfonamides is 1. The number of amides is 1. The molecule has 1 heterocycles. The first-order valence-electron chi connectivity index (χ1n) is 9.26. The maximum atomic E-state index is 13.7. The number of hydrogen-bond donors (Lipinski definition) is 0. The van der Waals surface area contributed by atoms with Crippen molar-refractivity contribution in [1.82, 2.24) is 9.21 Å². The van der Waals surface area contributed by atoms with Crippen LogP contribution in [0.4, 0.5) is 8.78 Å². The number of hydrogen-bond acceptors (Lipinski definition) is 5. The summed E-state index contributed by atoms with van der Waals surface area (Å²) in [7, 11) is -2.45. The summed E-state index contributed by atoms with van der Waals surface area (Å²) < 4.78 is 63.9. The first-order valence-corrected chi connectivity index (χ1v) is 10.7. The summed E-state index contributed by atoms with van der Waals surface area (Å²) in [6.07, 6.45) is -0.554. The number of likely N-dealkylation sites (N-methyl/N-ethyl adjacent to an activating group) is 1. The molecule has 0 bridgehead atoms. The van der Waals surface area contributed by atoms with Gasteiger partial charge < -0.3 is 14.4 Å². The van der Waals surface area contributed by atoms with E-state index in [9.17, 15) is 22.0 Å². The van der Waals surface area contributed by atoms with Crippen LogP contribution < -0.4 is 4.74 Å². The van der Waals surface area contributed by atoms with Crippen molar-refractivity contribution >= 4 is 15.9 Å². The van der Waals surface area contributed by atoms with E-state index in [1.54, 1.807) is 18.2 Å². The summed E-state index contributed by atoms with van der Waals surface area (Å²) in [4.78, 5) is 14.2. The second kappa shape index (κ2) is 9.50. The van der Waals surface area contributed by atoms with Crippen molar-refractivity contribution < 1.29 is 31.5 Å². The summed E-state index contributed by atoms with van der Waals surface area (Å²) in [6, 6.07) is 10.7. The van der Waals surface area contributed by atoms with Gasteiger partial charge in [-0.2, -0.15) is 4.31 Å². The third-order valence-corrected chi connectivity index (χ3v) is 6.44. The van der Waals surface area contributed by atoms with Crippen molar-refractivity contribution in [3.05, 3.63) is 60.2 Å². The molecule has 1 aliphatic heterocycles. The Labute approximate surface area is 173 Å². The van der Waals surface area contributed by atoms with Gasteiger partial charge in [0, 0.05) is 19.7 Å². The minimum atomic E-state index is -3.79. The fourth-order valence-corrected chi connectivity index (χ4v) is 4.11. The molecule has 1 fully saturated rings. The fraction of sp³-hybridized carbons (Fsp3) is 0.350. The number of nitrogens with zero attached hydrogens (tertiary/aromatic N) is 2. The first kappa shape index (κ1) is 22.1. The Kier molecular flexibility index (Phi) is 7.01. The molecule has 0 aliphatic carbocycles. The molecule has 0 saturated carbocycles. The minimum Gasteiger partial charge on any atom is -0.488 e. The number of benzene rings is 2. The Morgan fingerprint density at radius 3 is 2.70 bits per heavy atom. The van der Waals surface area contributed by atoms with Crippen LogP contribution in [-0.2, 0) is 19.6 Å². The average Bonchev–Trinajstić information content (AvgIpc) is 2.75. The predicted octanol–water partition coefficient (Wildman–Crippen LogP) is 1.89. The molecule has 30 heavy (non-hydrogen) atoms. The van der Waals surface area contributed by atoms with Gasteiger partial charge in [0.2, 0.25) is 15.9 Å². The molecule has 1 aliphatic rings. The van der Waals surface area contributed by atoms with Crippen LogP contribution in [0, 0.1) is 11.6 Å². The van der Waals surface area contributed by atoms with Gasteiger partial charge in [-0.3, -0.25) is 4.79 Å². The fourth-order valence-electron chi connectivity index (χ4n) is 2.97. The lowest BCUT2D eigenvalue weighted by Crippen LogP contribution is -2.50. The third-order valence-electron chi connectivity index (χ3n) is 4.62. The van der Waals surface area contributed by atoms with Gasteiger partial charge in [-0.05, 0) is 24.3 Å². The lowest BCUT2D eigenvalue weighted by atomic mass is 10.2. The molecule has 1 amide bonds. The van der Waals surface area contributed by atoms with E-state index in [0.29, 0.717) is 6.54 Å². The maximum Gasteiger partial charge on any atom is 0.243 e. The molecule has 1 unspecified atom stereocenters. The average molecular weight is 440 g/mol. The Morgan fingerprint density at radius 2 is 1.97 bits per heavy atom. The normalized spacial score (nSPS) is 17.2. The molecular weight excluding hydrogens is 418 g/mol. The molecule has 0 spiro atoms. The van der Waals surface area contributed by atoms with Crippen molar-refractivity contribution in [3.8, 4) is 5.75 Å². The molecule has 0 aromatic heterocycles. The molecule has 2 aromatic rings. The number of halogens is 2. The maximum absolute atomic E-state index is 13.7. The minimum absolute atomic E-state index is 0.0810. The smallest absolute Gasteiger partial charge is 0.243 e. The van der Waals surface area contributed by atoms with Gasteiger partial charge in [-0.15, -0.1) is 0 Å². The van der Waals surface area contributed by atoms with E-state index >= 15 is 0 Å². The zero-order chi connectivity index (χ0) is 21.7. The van der Waals surface area contributed by atoms with E-state index in [4.69, 9.17) is 9.47 Å². The van der Waals surface area contributed by atoms with E-state index in [0.717, 1.165) is 22.5 Å². The van der Waals surface area contributed by atoms with E-state index < -0.39 is 27.8 Å². The second-order valence-electron chi connectivity index (χ2n) is 6.79. The van der Waals surface area contributed by atoms with Crippen molar-refractivity contribution in [2.45, 2.75) is 11.0 Å². The Balaban J connectivity index is 1.57. The lowest BCUT2D eigenvalue weighted by molar-refractivity contribution is -0.139. The summed E-state index contributed by atoms with van der Waals surface area (Å²) in [5, 5.41) is 0. The van der Waals surface area contributed by atoms with Crippen molar-refractivity contribution in [1.29, 1.82) is 0 Å². The van der Waals surface area contributed by atoms with E-state index in [1.165, 1.54) is 24.1 Å². The molecule has 162 valence electrons. The predicted molar refractivity (Wildman–Crippen MR) is 104 cm³/mol. The number of carbonyl (C=O) groups excluding carboxylic acids is 1. The summed E-state index contributed by atoms with van der Waals surface area (Å²) in [5.41, 5.74) is 0. The SMILES string of the molecule is CN(CC(=O)N1CCOC(COc2cc(F)ccc2F)C1)S(=O)(=O)c1ccccc1. The van der Waals surface area contributed by atoms with Crippen molar-refractivity contribution in [2.75, 3.05) is 39.9 Å². The van der Waals surface area contributed by atoms with Crippen molar-refractivity contribution in [3.63, 3.8) is 0 Å². The summed E-state index contributed by atoms with van der Waals surface area (Å²) in [6.45, 7) is 0.254. The van der Waals surface area contributed by atoms with Crippen LogP contribution >= 0.6 is 0 Å². The summed E-state index contributed by atoms with van der Waals surface area (Å²) >= 11 is 0. The molecule has 10 heteroatoms. The van der Waals surface area contributed by atoms with E-state index in [1.807, 2.05) is 0 Å². The third kappa shape index (κ3) is 5.32. The topological polar surface area (TPSA) is 76.2 Å². The van der Waals surface area contributed by atoms with E-state index in [2.05, 4.69) is 0 Å². The Morgan fingerprint density at radius 1 is 1.23 bits per heavy atom. The highest BCUT2D eigenvalue weighted by Gasteiger charge is 2.29. The number of carbonyl (C=O) groups is 1. The number of ether oxygens (including phenoxy) is 2. The largest absolute Gasteiger partial charge is 0.488 e. The highest BCUT2D eigenvalue weighted by atomic mass is 32.2. The monoisotopic (exact) mass is 440 g/mol. The molecule has 3 rings (SSSR count). The van der Waals surface area contributed by atoms with Gasteiger partial charge >= 0.3 is 0 Å². The standard InChI is InChI=1S/C20H22F2N2O5S/c1-23(30(26,27)17-5-3-2-4-6-17)13-20(25)24-9-10-28-16(12-24)14-29-19-11-15(21)7-8-18(19)22/h2-8,11,16H,9-10,12-14H2,1H3. The highest BCUT2D eigenvalue weighted by Crippen LogP contribution is 2.19. The molecular formula is C20H22F2N2O5S. The first-order chi connectivity index (χ1) is 14.3. The Hall–Kier alpha value is -2.56. The van der Waals surface area contributed by atoms with Crippen LogP contribution in [0.3, 0.4) is 0 Å². The van der Waals surface area contributed by atoms with Gasteiger partial charge in [0.25, 0.3) is 0 Å². The molecule has 1 saturated heterocycles. The van der Waals surface area contributed by atoms with Crippen LogP contribution in [-0.4, -0.2) is 69.5 Å². The van der Waals surface area contributed by atoms with Crippen molar-refractivity contribution in [2.24, 2.45) is 0 Å². The number of rotatable bonds is 7. The number of morpholine rings is 1. The van der Waals surface area contributed by atoms with Gasteiger partial charge in [0.15, 0.2) is 11.6 Å². The zero-order valence-electron chi connectivity index (χ0n) is 16.3. The van der Waals surface area contributed by atoms with E-state index in [-0.39, 0.29) is 42.9 Å². The zero-order valence-corrected chi connectivity index (χ0v) is 17.1. The van der Waals surface area contributed by atoms with Gasteiger partial charge in [0.05, 0.1) is 24.6 Å². The van der Waals surface area contributed by atoms with Crippen LogP contribution in [0.2, 0.25) is 0 Å². The van der Waals surface area contributed by atoms with Crippen LogP contribution in [0.25, 0.3) is 0 Å². The summed E-state index contributed by atoms with van der Waals surface area (Å²) in [5.74, 6) is -1.96. The Bertz CT molecular complexity index is 988.